The van der Waals surface area contributed by atoms with Crippen LogP contribution in [0.2, 0.25) is 0 Å². The van der Waals surface area contributed by atoms with Crippen LogP contribution in [-0.4, -0.2) is 4.98 Å². The van der Waals surface area contributed by atoms with Crippen LogP contribution in [-0.2, 0) is 6.42 Å². The first-order valence-electron chi connectivity index (χ1n) is 11.5. The molecule has 0 saturated heterocycles. The molecule has 0 bridgehead atoms. The Morgan fingerprint density at radius 3 is 2.34 bits per heavy atom. The molecule has 2 heteroatoms. The Bertz CT molecular complexity index is 1390. The van der Waals surface area contributed by atoms with Crippen molar-refractivity contribution in [3.8, 4) is 22.6 Å². The van der Waals surface area contributed by atoms with E-state index >= 15 is 0 Å². The molecule has 0 aliphatic heterocycles. The molecule has 2 nitrogen and oxygen atoms in total. The van der Waals surface area contributed by atoms with Crippen LogP contribution in [0.25, 0.3) is 44.3 Å². The van der Waals surface area contributed by atoms with Gasteiger partial charge in [0.2, 0.25) is 0 Å². The molecule has 0 saturated carbocycles. The zero-order valence-electron chi connectivity index (χ0n) is 19.2. The molecule has 0 aliphatic rings. The van der Waals surface area contributed by atoms with Crippen molar-refractivity contribution in [3.05, 3.63) is 90.1 Å². The van der Waals surface area contributed by atoms with Crippen molar-refractivity contribution in [3.63, 3.8) is 0 Å². The second kappa shape index (κ2) is 8.27. The molecule has 3 aromatic carbocycles. The van der Waals surface area contributed by atoms with Gasteiger partial charge in [0.1, 0.15) is 11.3 Å². The third-order valence-corrected chi connectivity index (χ3v) is 6.07. The van der Waals surface area contributed by atoms with Crippen LogP contribution in [0.15, 0.2) is 83.4 Å². The van der Waals surface area contributed by atoms with Crippen molar-refractivity contribution in [1.82, 2.24) is 4.98 Å². The lowest BCUT2D eigenvalue weighted by atomic mass is 9.94. The first-order valence-corrected chi connectivity index (χ1v) is 11.5. The summed E-state index contributed by atoms with van der Waals surface area (Å²) in [5.74, 6) is 1.90. The molecule has 0 amide bonds. The molecular formula is C30H29NO. The van der Waals surface area contributed by atoms with E-state index in [4.69, 9.17) is 9.40 Å². The second-order valence-electron chi connectivity index (χ2n) is 9.43. The maximum atomic E-state index is 6.36. The van der Waals surface area contributed by atoms with E-state index in [1.165, 1.54) is 21.9 Å². The van der Waals surface area contributed by atoms with E-state index in [1.54, 1.807) is 0 Å². The quantitative estimate of drug-likeness (QED) is 0.285. The lowest BCUT2D eigenvalue weighted by Crippen LogP contribution is -1.95. The molecule has 0 N–H and O–H groups in total. The topological polar surface area (TPSA) is 26.0 Å². The number of rotatable bonds is 5. The van der Waals surface area contributed by atoms with E-state index < -0.39 is 0 Å². The monoisotopic (exact) mass is 419 g/mol. The van der Waals surface area contributed by atoms with Gasteiger partial charge < -0.3 is 4.42 Å². The van der Waals surface area contributed by atoms with Crippen molar-refractivity contribution in [1.29, 1.82) is 0 Å². The number of furan rings is 1. The van der Waals surface area contributed by atoms with E-state index in [0.29, 0.717) is 11.8 Å². The number of hydrogen-bond acceptors (Lipinski definition) is 2. The van der Waals surface area contributed by atoms with Gasteiger partial charge in [0.15, 0.2) is 0 Å². The van der Waals surface area contributed by atoms with E-state index in [-0.39, 0.29) is 0 Å². The van der Waals surface area contributed by atoms with Gasteiger partial charge >= 0.3 is 0 Å². The van der Waals surface area contributed by atoms with Crippen LogP contribution < -0.4 is 0 Å². The number of nitrogens with zero attached hydrogens (tertiary/aromatic N) is 1. The zero-order valence-corrected chi connectivity index (χ0v) is 19.2. The Kier molecular flexibility index (Phi) is 5.30. The molecule has 160 valence electrons. The van der Waals surface area contributed by atoms with Gasteiger partial charge in [0, 0.05) is 28.1 Å². The maximum absolute atomic E-state index is 6.36. The van der Waals surface area contributed by atoms with Gasteiger partial charge in [-0.2, -0.15) is 0 Å². The van der Waals surface area contributed by atoms with E-state index in [0.717, 1.165) is 40.0 Å². The predicted octanol–water partition coefficient (Wildman–Crippen LogP) is 8.64. The van der Waals surface area contributed by atoms with Crippen LogP contribution in [0.1, 0.15) is 44.7 Å². The summed E-state index contributed by atoms with van der Waals surface area (Å²) in [6.45, 7) is 8.97. The number of aromatic nitrogens is 1. The van der Waals surface area contributed by atoms with Gasteiger partial charge in [-0.3, -0.25) is 4.98 Å². The van der Waals surface area contributed by atoms with Crippen molar-refractivity contribution >= 4 is 21.7 Å². The minimum atomic E-state index is 0.347. The SMILES string of the molecule is CC(C)Cc1ccc2c(-c3cc(C(C)C)c4oc(-c5ccccc5)cc4c3)nccc2c1. The van der Waals surface area contributed by atoms with Crippen LogP contribution in [0.3, 0.4) is 0 Å². The second-order valence-corrected chi connectivity index (χ2v) is 9.43. The Labute approximate surface area is 189 Å². The third kappa shape index (κ3) is 3.82. The number of fused-ring (bicyclic) bond motifs is 2. The Morgan fingerprint density at radius 2 is 1.59 bits per heavy atom. The summed E-state index contributed by atoms with van der Waals surface area (Å²) < 4.78 is 6.36. The first-order chi connectivity index (χ1) is 15.5. The summed E-state index contributed by atoms with van der Waals surface area (Å²) in [4.78, 5) is 4.81. The van der Waals surface area contributed by atoms with E-state index in [9.17, 15) is 0 Å². The molecule has 5 rings (SSSR count). The molecule has 5 aromatic rings. The van der Waals surface area contributed by atoms with Crippen molar-refractivity contribution < 1.29 is 4.42 Å². The highest BCUT2D eigenvalue weighted by molar-refractivity contribution is 5.98. The minimum absolute atomic E-state index is 0.347. The summed E-state index contributed by atoms with van der Waals surface area (Å²) in [5.41, 5.74) is 6.84. The van der Waals surface area contributed by atoms with E-state index in [1.807, 2.05) is 24.4 Å². The van der Waals surface area contributed by atoms with Crippen LogP contribution >= 0.6 is 0 Å². The fourth-order valence-corrected chi connectivity index (χ4v) is 4.55. The largest absolute Gasteiger partial charge is 0.456 e. The molecule has 0 aliphatic carbocycles. The first kappa shape index (κ1) is 20.5. The summed E-state index contributed by atoms with van der Waals surface area (Å²) in [5, 5.41) is 3.57. The molecular weight excluding hydrogens is 390 g/mol. The third-order valence-electron chi connectivity index (χ3n) is 6.07. The highest BCUT2D eigenvalue weighted by atomic mass is 16.3. The van der Waals surface area contributed by atoms with Crippen molar-refractivity contribution in [2.75, 3.05) is 0 Å². The van der Waals surface area contributed by atoms with Crippen LogP contribution in [0.4, 0.5) is 0 Å². The predicted molar refractivity (Wildman–Crippen MR) is 135 cm³/mol. The summed E-state index contributed by atoms with van der Waals surface area (Å²) in [6, 6.07) is 25.9. The molecule has 0 unspecified atom stereocenters. The molecule has 0 atom stereocenters. The van der Waals surface area contributed by atoms with Gasteiger partial charge in [-0.1, -0.05) is 76.2 Å². The maximum Gasteiger partial charge on any atom is 0.138 e. The lowest BCUT2D eigenvalue weighted by molar-refractivity contribution is 0.622. The molecule has 0 spiro atoms. The fourth-order valence-electron chi connectivity index (χ4n) is 4.55. The average molecular weight is 420 g/mol. The molecule has 2 heterocycles. The fraction of sp³-hybridized carbons (Fsp3) is 0.233. The number of benzene rings is 3. The van der Waals surface area contributed by atoms with Gasteiger partial charge in [-0.15, -0.1) is 0 Å². The molecule has 32 heavy (non-hydrogen) atoms. The minimum Gasteiger partial charge on any atom is -0.456 e. The highest BCUT2D eigenvalue weighted by Crippen LogP contribution is 2.37. The highest BCUT2D eigenvalue weighted by Gasteiger charge is 2.16. The van der Waals surface area contributed by atoms with E-state index in [2.05, 4.69) is 82.3 Å². The normalized spacial score (nSPS) is 11.8. The van der Waals surface area contributed by atoms with Crippen LogP contribution in [0, 0.1) is 5.92 Å². The van der Waals surface area contributed by atoms with Gasteiger partial charge in [0.25, 0.3) is 0 Å². The standard InChI is InChI=1S/C30H29NO/c1-19(2)14-21-10-11-26-23(15-21)12-13-31-29(26)24-16-25-18-28(22-8-6-5-7-9-22)32-30(25)27(17-24)20(3)4/h5-13,15-20H,14H2,1-4H3. The van der Waals surface area contributed by atoms with Gasteiger partial charge in [-0.25, -0.2) is 0 Å². The Morgan fingerprint density at radius 1 is 0.781 bits per heavy atom. The lowest BCUT2D eigenvalue weighted by Gasteiger charge is -2.12. The summed E-state index contributed by atoms with van der Waals surface area (Å²) in [6.07, 6.45) is 3.02. The average Bonchev–Trinajstić information content (AvgIpc) is 3.22. The van der Waals surface area contributed by atoms with Gasteiger partial charge in [-0.05, 0) is 59.0 Å². The number of pyridine rings is 1. The Balaban J connectivity index is 1.68. The van der Waals surface area contributed by atoms with Crippen LogP contribution in [0.5, 0.6) is 0 Å². The van der Waals surface area contributed by atoms with Gasteiger partial charge in [0.05, 0.1) is 5.69 Å². The summed E-state index contributed by atoms with van der Waals surface area (Å²) in [7, 11) is 0. The Hall–Kier alpha value is -3.39. The summed E-state index contributed by atoms with van der Waals surface area (Å²) >= 11 is 0. The molecule has 0 radical (unpaired) electrons. The number of hydrogen-bond donors (Lipinski definition) is 0. The van der Waals surface area contributed by atoms with Crippen molar-refractivity contribution in [2.24, 2.45) is 5.92 Å². The zero-order chi connectivity index (χ0) is 22.2. The smallest absolute Gasteiger partial charge is 0.138 e. The molecule has 0 fully saturated rings. The van der Waals surface area contributed by atoms with Crippen molar-refractivity contribution in [2.45, 2.75) is 40.0 Å². The molecule has 2 aromatic heterocycles.